The Hall–Kier alpha value is -2.94. The minimum atomic E-state index is -0.367. The van der Waals surface area contributed by atoms with E-state index < -0.39 is 0 Å². The second-order valence-electron chi connectivity index (χ2n) is 4.34. The molecule has 8 nitrogen and oxygen atoms in total. The van der Waals surface area contributed by atoms with Gasteiger partial charge in [0.2, 0.25) is 5.95 Å². The normalized spacial score (nSPS) is 10.4. The van der Waals surface area contributed by atoms with Gasteiger partial charge in [-0.25, -0.2) is 5.10 Å². The van der Waals surface area contributed by atoms with Crippen LogP contribution < -0.4 is 10.6 Å². The summed E-state index contributed by atoms with van der Waals surface area (Å²) in [6.45, 7) is 1.79. The van der Waals surface area contributed by atoms with Gasteiger partial charge in [-0.3, -0.25) is 14.9 Å². The van der Waals surface area contributed by atoms with Crippen LogP contribution in [0.25, 0.3) is 0 Å². The number of rotatable bonds is 4. The molecular weight excluding hydrogens is 306 g/mol. The SMILES string of the molecule is Cc1cc(NC(=O)c2ccco2)sc1C(=O)Nc1ncn[nH]1. The molecule has 0 atom stereocenters. The Morgan fingerprint density at radius 2 is 2.18 bits per heavy atom. The van der Waals surface area contributed by atoms with Gasteiger partial charge in [0.15, 0.2) is 5.76 Å². The first-order valence-corrected chi connectivity index (χ1v) is 7.07. The zero-order chi connectivity index (χ0) is 15.5. The Kier molecular flexibility index (Phi) is 3.71. The predicted octanol–water partition coefficient (Wildman–Crippen LogP) is 2.27. The van der Waals surface area contributed by atoms with Crippen molar-refractivity contribution in [1.29, 1.82) is 0 Å². The molecule has 3 rings (SSSR count). The molecule has 0 radical (unpaired) electrons. The van der Waals surface area contributed by atoms with Crippen molar-refractivity contribution in [3.8, 4) is 0 Å². The Balaban J connectivity index is 1.73. The Morgan fingerprint density at radius 1 is 1.32 bits per heavy atom. The number of aromatic nitrogens is 3. The van der Waals surface area contributed by atoms with E-state index in [1.807, 2.05) is 0 Å². The highest BCUT2D eigenvalue weighted by Gasteiger charge is 2.17. The third-order valence-electron chi connectivity index (χ3n) is 2.75. The van der Waals surface area contributed by atoms with Gasteiger partial charge < -0.3 is 9.73 Å². The van der Waals surface area contributed by atoms with Crippen molar-refractivity contribution >= 4 is 34.1 Å². The van der Waals surface area contributed by atoms with E-state index in [9.17, 15) is 9.59 Å². The van der Waals surface area contributed by atoms with Gasteiger partial charge in [-0.05, 0) is 30.7 Å². The third kappa shape index (κ3) is 2.88. The second-order valence-corrected chi connectivity index (χ2v) is 5.39. The van der Waals surface area contributed by atoms with Gasteiger partial charge in [-0.15, -0.1) is 11.3 Å². The summed E-state index contributed by atoms with van der Waals surface area (Å²) in [7, 11) is 0. The number of nitrogens with zero attached hydrogens (tertiary/aromatic N) is 2. The first-order valence-electron chi connectivity index (χ1n) is 6.25. The van der Waals surface area contributed by atoms with E-state index in [0.717, 1.165) is 5.56 Å². The highest BCUT2D eigenvalue weighted by atomic mass is 32.1. The molecule has 3 aromatic heterocycles. The van der Waals surface area contributed by atoms with E-state index in [1.54, 1.807) is 25.1 Å². The van der Waals surface area contributed by atoms with Crippen molar-refractivity contribution < 1.29 is 14.0 Å². The van der Waals surface area contributed by atoms with Gasteiger partial charge in [0.1, 0.15) is 6.33 Å². The molecule has 22 heavy (non-hydrogen) atoms. The number of carbonyl (C=O) groups is 2. The lowest BCUT2D eigenvalue weighted by Gasteiger charge is -1.99. The van der Waals surface area contributed by atoms with Crippen LogP contribution in [0.5, 0.6) is 0 Å². The lowest BCUT2D eigenvalue weighted by atomic mass is 10.3. The van der Waals surface area contributed by atoms with Crippen LogP contribution in [-0.4, -0.2) is 27.0 Å². The Labute approximate surface area is 128 Å². The molecule has 0 aliphatic heterocycles. The number of nitrogens with one attached hydrogen (secondary N) is 3. The number of amides is 2. The first-order chi connectivity index (χ1) is 10.6. The van der Waals surface area contributed by atoms with Crippen molar-refractivity contribution in [2.75, 3.05) is 10.6 Å². The highest BCUT2D eigenvalue weighted by Crippen LogP contribution is 2.27. The summed E-state index contributed by atoms with van der Waals surface area (Å²) in [5, 5.41) is 12.0. The molecular formula is C13H11N5O3S. The van der Waals surface area contributed by atoms with E-state index in [1.165, 1.54) is 23.9 Å². The van der Waals surface area contributed by atoms with E-state index in [4.69, 9.17) is 4.42 Å². The number of aromatic amines is 1. The minimum Gasteiger partial charge on any atom is -0.459 e. The molecule has 0 spiro atoms. The molecule has 0 aliphatic carbocycles. The predicted molar refractivity (Wildman–Crippen MR) is 80.1 cm³/mol. The van der Waals surface area contributed by atoms with Crippen molar-refractivity contribution in [2.24, 2.45) is 0 Å². The van der Waals surface area contributed by atoms with Gasteiger partial charge in [-0.1, -0.05) is 0 Å². The van der Waals surface area contributed by atoms with Crippen LogP contribution in [0.2, 0.25) is 0 Å². The van der Waals surface area contributed by atoms with E-state index in [2.05, 4.69) is 25.8 Å². The number of anilines is 2. The van der Waals surface area contributed by atoms with Crippen molar-refractivity contribution in [3.05, 3.63) is 47.0 Å². The van der Waals surface area contributed by atoms with Gasteiger partial charge in [0.25, 0.3) is 11.8 Å². The smallest absolute Gasteiger partial charge is 0.291 e. The van der Waals surface area contributed by atoms with Crippen LogP contribution in [-0.2, 0) is 0 Å². The molecule has 0 aromatic carbocycles. The standard InChI is InChI=1S/C13H11N5O3S/c1-7-5-9(16-11(19)8-3-2-4-21-8)22-10(7)12(20)17-13-14-6-15-18-13/h2-6H,1H3,(H,16,19)(H2,14,15,17,18,20). The first kappa shape index (κ1) is 14.0. The van der Waals surface area contributed by atoms with Gasteiger partial charge in [0.05, 0.1) is 16.1 Å². The van der Waals surface area contributed by atoms with Crippen LogP contribution in [0.3, 0.4) is 0 Å². The van der Waals surface area contributed by atoms with Crippen molar-refractivity contribution in [2.45, 2.75) is 6.92 Å². The van der Waals surface area contributed by atoms with Crippen LogP contribution in [0.15, 0.2) is 35.2 Å². The fourth-order valence-electron chi connectivity index (χ4n) is 1.78. The fraction of sp³-hybridized carbons (Fsp3) is 0.0769. The Morgan fingerprint density at radius 3 is 2.86 bits per heavy atom. The van der Waals surface area contributed by atoms with Crippen molar-refractivity contribution in [1.82, 2.24) is 15.2 Å². The maximum Gasteiger partial charge on any atom is 0.291 e. The lowest BCUT2D eigenvalue weighted by molar-refractivity contribution is 0.0995. The molecule has 0 bridgehead atoms. The fourth-order valence-corrected chi connectivity index (χ4v) is 2.74. The summed E-state index contributed by atoms with van der Waals surface area (Å²) < 4.78 is 5.02. The Bertz CT molecular complexity index is 792. The van der Waals surface area contributed by atoms with Crippen LogP contribution >= 0.6 is 11.3 Å². The lowest BCUT2D eigenvalue weighted by Crippen LogP contribution is -2.12. The summed E-state index contributed by atoms with van der Waals surface area (Å²) >= 11 is 1.17. The zero-order valence-corrected chi connectivity index (χ0v) is 12.2. The summed E-state index contributed by atoms with van der Waals surface area (Å²) in [6.07, 6.45) is 2.72. The molecule has 9 heteroatoms. The maximum absolute atomic E-state index is 12.1. The third-order valence-corrected chi connectivity index (χ3v) is 3.90. The average Bonchev–Trinajstić information content (AvgIpc) is 3.19. The molecule has 3 aromatic rings. The van der Waals surface area contributed by atoms with Crippen molar-refractivity contribution in [3.63, 3.8) is 0 Å². The summed E-state index contributed by atoms with van der Waals surface area (Å²) in [6, 6.07) is 4.92. The van der Waals surface area contributed by atoms with Crippen LogP contribution in [0.4, 0.5) is 10.9 Å². The van der Waals surface area contributed by atoms with E-state index in [0.29, 0.717) is 9.88 Å². The maximum atomic E-state index is 12.1. The number of carbonyl (C=O) groups excluding carboxylic acids is 2. The molecule has 0 saturated carbocycles. The summed E-state index contributed by atoms with van der Waals surface area (Å²) in [5.74, 6) is -0.219. The molecule has 2 amide bonds. The monoisotopic (exact) mass is 317 g/mol. The molecule has 0 aliphatic rings. The van der Waals surface area contributed by atoms with Gasteiger partial charge >= 0.3 is 0 Å². The number of H-pyrrole nitrogens is 1. The topological polar surface area (TPSA) is 113 Å². The quantitative estimate of drug-likeness (QED) is 0.683. The summed E-state index contributed by atoms with van der Waals surface area (Å²) in [4.78, 5) is 28.3. The van der Waals surface area contributed by atoms with Crippen LogP contribution in [0, 0.1) is 6.92 Å². The van der Waals surface area contributed by atoms with E-state index in [-0.39, 0.29) is 23.5 Å². The molecule has 112 valence electrons. The zero-order valence-electron chi connectivity index (χ0n) is 11.4. The second kappa shape index (κ2) is 5.82. The molecule has 3 heterocycles. The average molecular weight is 317 g/mol. The highest BCUT2D eigenvalue weighted by molar-refractivity contribution is 7.18. The molecule has 0 unspecified atom stereocenters. The summed E-state index contributed by atoms with van der Waals surface area (Å²) in [5.41, 5.74) is 0.747. The van der Waals surface area contributed by atoms with Gasteiger partial charge in [0, 0.05) is 0 Å². The number of furan rings is 1. The number of aryl methyl sites for hydroxylation is 1. The number of thiophene rings is 1. The molecule has 0 saturated heterocycles. The number of hydrogen-bond acceptors (Lipinski definition) is 6. The molecule has 3 N–H and O–H groups in total. The largest absolute Gasteiger partial charge is 0.459 e. The molecule has 0 fully saturated rings. The number of hydrogen-bond donors (Lipinski definition) is 3. The minimum absolute atomic E-state index is 0.207. The van der Waals surface area contributed by atoms with E-state index >= 15 is 0 Å². The van der Waals surface area contributed by atoms with Crippen LogP contribution in [0.1, 0.15) is 25.8 Å². The van der Waals surface area contributed by atoms with Gasteiger partial charge in [-0.2, -0.15) is 10.1 Å².